The van der Waals surface area contributed by atoms with Crippen molar-refractivity contribution in [2.24, 2.45) is 35.5 Å². The Morgan fingerprint density at radius 3 is 2.23 bits per heavy atom. The second kappa shape index (κ2) is 26.2. The maximum Gasteiger partial charge on any atom is 0.329 e. The number of Topliss-reactive ketones (excluding diaryl/α,β-unsaturated/α-hetero) is 2. The van der Waals surface area contributed by atoms with Crippen LogP contribution in [-0.4, -0.2) is 133 Å². The summed E-state index contributed by atoms with van der Waals surface area (Å²) in [6.07, 6.45) is 15.1. The Balaban J connectivity index is 1.48. The van der Waals surface area contributed by atoms with E-state index in [1.165, 1.54) is 12.0 Å². The number of allylic oxidation sites excluding steroid dienone is 6. The van der Waals surface area contributed by atoms with Crippen LogP contribution in [0.2, 0.25) is 0 Å². The predicted molar refractivity (Wildman–Crippen MR) is 267 cm³/mol. The molecule has 16 heteroatoms. The van der Waals surface area contributed by atoms with Crippen LogP contribution < -0.4 is 4.72 Å². The largest absolute Gasteiger partial charge is 0.461 e. The van der Waals surface area contributed by atoms with E-state index < -0.39 is 93.2 Å². The van der Waals surface area contributed by atoms with E-state index in [4.69, 9.17) is 18.9 Å². The highest BCUT2D eigenvalue weighted by Gasteiger charge is 2.53. The predicted octanol–water partition coefficient (Wildman–Crippen LogP) is 6.83. The van der Waals surface area contributed by atoms with Gasteiger partial charge in [-0.25, -0.2) is 17.9 Å². The van der Waals surface area contributed by atoms with Crippen LogP contribution in [0.3, 0.4) is 0 Å². The number of sulfonamides is 1. The molecule has 396 valence electrons. The summed E-state index contributed by atoms with van der Waals surface area (Å²) in [6, 6.07) is -1.83. The number of amides is 1. The van der Waals surface area contributed by atoms with Gasteiger partial charge in [0.05, 0.1) is 23.6 Å². The molecular formula is C54H86N2O13S. The van der Waals surface area contributed by atoms with Crippen molar-refractivity contribution >= 4 is 33.5 Å². The Morgan fingerprint density at radius 1 is 0.829 bits per heavy atom. The maximum absolute atomic E-state index is 14.5. The van der Waals surface area contributed by atoms with Gasteiger partial charge in [-0.1, -0.05) is 83.1 Å². The molecule has 5 rings (SSSR count). The second-order valence-corrected chi connectivity index (χ2v) is 23.7. The quantitative estimate of drug-likeness (QED) is 0.112. The van der Waals surface area contributed by atoms with Gasteiger partial charge >= 0.3 is 5.97 Å². The molecule has 4 fully saturated rings. The lowest BCUT2D eigenvalue weighted by atomic mass is 9.78. The number of cyclic esters (lactones) is 1. The van der Waals surface area contributed by atoms with E-state index in [1.807, 2.05) is 58.9 Å². The summed E-state index contributed by atoms with van der Waals surface area (Å²) < 4.78 is 53.9. The first-order chi connectivity index (χ1) is 33.1. The van der Waals surface area contributed by atoms with Gasteiger partial charge in [0.25, 0.3) is 11.7 Å². The Kier molecular flexibility index (Phi) is 21.7. The zero-order chi connectivity index (χ0) is 51.5. The van der Waals surface area contributed by atoms with Crippen molar-refractivity contribution in [1.29, 1.82) is 0 Å². The van der Waals surface area contributed by atoms with Crippen molar-refractivity contribution in [3.05, 3.63) is 47.6 Å². The monoisotopic (exact) mass is 1000 g/mol. The molecule has 0 radical (unpaired) electrons. The van der Waals surface area contributed by atoms with E-state index in [0.29, 0.717) is 88.2 Å². The number of hydrogen-bond acceptors (Lipinski definition) is 13. The number of esters is 1. The molecule has 2 saturated carbocycles. The molecule has 1 amide bonds. The first-order valence-electron chi connectivity index (χ1n) is 26.2. The number of ether oxygens (including phenoxy) is 4. The van der Waals surface area contributed by atoms with Crippen molar-refractivity contribution in [2.45, 2.75) is 211 Å². The number of nitrogens with one attached hydrogen (secondary N) is 1. The molecule has 0 aromatic heterocycles. The number of rotatable bonds is 8. The zero-order valence-electron chi connectivity index (χ0n) is 43.4. The van der Waals surface area contributed by atoms with E-state index in [0.717, 1.165) is 12.8 Å². The summed E-state index contributed by atoms with van der Waals surface area (Å²) in [5, 5.41) is 33.7. The van der Waals surface area contributed by atoms with Gasteiger partial charge in [0, 0.05) is 38.6 Å². The third kappa shape index (κ3) is 15.0. The number of nitrogens with zero attached hydrogens (tertiary/aromatic N) is 1. The number of methoxy groups -OCH3 is 2. The van der Waals surface area contributed by atoms with Crippen molar-refractivity contribution in [3.63, 3.8) is 0 Å². The number of carbonyl (C=O) groups is 4. The van der Waals surface area contributed by atoms with Crippen LogP contribution in [-0.2, 0) is 48.1 Å². The fourth-order valence-electron chi connectivity index (χ4n) is 11.2. The highest BCUT2D eigenvalue weighted by Crippen LogP contribution is 2.38. The van der Waals surface area contributed by atoms with E-state index in [1.54, 1.807) is 33.1 Å². The van der Waals surface area contributed by atoms with Crippen LogP contribution in [0, 0.1) is 35.5 Å². The van der Waals surface area contributed by atoms with Gasteiger partial charge in [-0.05, 0) is 139 Å². The molecular weight excluding hydrogens is 917 g/mol. The number of aliphatic hydroxyl groups excluding tert-OH is 2. The van der Waals surface area contributed by atoms with Crippen molar-refractivity contribution < 1.29 is 61.9 Å². The van der Waals surface area contributed by atoms with Crippen molar-refractivity contribution in [1.82, 2.24) is 9.62 Å². The lowest BCUT2D eigenvalue weighted by molar-refractivity contribution is -0.264. The third-order valence-corrected chi connectivity index (χ3v) is 18.0. The number of carbonyl (C=O) groups excluding carboxylic acids is 4. The highest BCUT2D eigenvalue weighted by molar-refractivity contribution is 7.90. The first kappa shape index (κ1) is 57.8. The molecule has 15 nitrogen and oxygen atoms in total. The summed E-state index contributed by atoms with van der Waals surface area (Å²) in [4.78, 5) is 58.3. The summed E-state index contributed by atoms with van der Waals surface area (Å²) >= 11 is 0. The number of hydrogen-bond donors (Lipinski definition) is 4. The topological polar surface area (TPSA) is 215 Å². The smallest absolute Gasteiger partial charge is 0.329 e. The molecule has 15 atom stereocenters. The molecule has 4 N–H and O–H groups in total. The van der Waals surface area contributed by atoms with Gasteiger partial charge < -0.3 is 39.2 Å². The fraction of sp³-hybridized carbons (Fsp3) is 0.778. The van der Waals surface area contributed by atoms with Crippen LogP contribution >= 0.6 is 0 Å². The summed E-state index contributed by atoms with van der Waals surface area (Å²) in [7, 11) is -0.698. The summed E-state index contributed by atoms with van der Waals surface area (Å²) in [5.41, 5.74) is 1.26. The lowest BCUT2D eigenvalue weighted by Gasteiger charge is -2.43. The SMILES string of the molecule is CO[C@@H]1C[C@H](C[C@@H](C)[C@@H]2CC[C@H](C)/C=C(\C)[C@@H](O)[C@@H](OC)C(=O)[C@H](C)C[C@H](C)/C=C/C=C/C=C(\C)[C@@H](NS(=O)(=O)C3CCC3)C[C@@H]3CC[C@@H](C)[C@@](O)(O3)C(=O)C(=O)N3CCCC[C@H]3C(=O)O2)CC[C@H]1O. The average Bonchev–Trinajstić information content (AvgIpc) is 3.29. The Labute approximate surface area is 418 Å². The Morgan fingerprint density at radius 2 is 1.56 bits per heavy atom. The van der Waals surface area contributed by atoms with E-state index in [9.17, 15) is 42.9 Å². The van der Waals surface area contributed by atoms with Gasteiger partial charge in [0.1, 0.15) is 24.4 Å². The lowest BCUT2D eigenvalue weighted by Crippen LogP contribution is -2.61. The second-order valence-electron chi connectivity index (χ2n) is 21.7. The van der Waals surface area contributed by atoms with Gasteiger partial charge in [-0.2, -0.15) is 0 Å². The first-order valence-corrected chi connectivity index (χ1v) is 27.8. The molecule has 0 aromatic rings. The summed E-state index contributed by atoms with van der Waals surface area (Å²) in [5.74, 6) is -6.79. The molecule has 5 aliphatic rings. The highest BCUT2D eigenvalue weighted by atomic mass is 32.2. The number of piperidine rings is 1. The van der Waals surface area contributed by atoms with Gasteiger partial charge in [0.2, 0.25) is 15.8 Å². The Bertz CT molecular complexity index is 2020. The third-order valence-electron chi connectivity index (χ3n) is 16.1. The zero-order valence-corrected chi connectivity index (χ0v) is 44.2. The molecule has 3 heterocycles. The average molecular weight is 1000 g/mol. The van der Waals surface area contributed by atoms with Crippen LogP contribution in [0.4, 0.5) is 0 Å². The number of aliphatic hydroxyl groups is 3. The van der Waals surface area contributed by atoms with Crippen molar-refractivity contribution in [2.75, 3.05) is 20.8 Å². The normalized spacial score (nSPS) is 39.8. The minimum absolute atomic E-state index is 0.00598. The van der Waals surface area contributed by atoms with Gasteiger partial charge in [0.15, 0.2) is 5.78 Å². The minimum atomic E-state index is -3.72. The molecule has 2 bridgehead atoms. The van der Waals surface area contributed by atoms with Crippen LogP contribution in [0.25, 0.3) is 0 Å². The van der Waals surface area contributed by atoms with Crippen LogP contribution in [0.5, 0.6) is 0 Å². The van der Waals surface area contributed by atoms with Crippen LogP contribution in [0.15, 0.2) is 47.6 Å². The molecule has 3 aliphatic heterocycles. The van der Waals surface area contributed by atoms with E-state index in [-0.39, 0.29) is 54.9 Å². The Hall–Kier alpha value is -3.09. The van der Waals surface area contributed by atoms with E-state index >= 15 is 0 Å². The molecule has 0 unspecified atom stereocenters. The molecule has 2 saturated heterocycles. The fourth-order valence-corrected chi connectivity index (χ4v) is 13.0. The summed E-state index contributed by atoms with van der Waals surface area (Å²) in [6.45, 7) is 13.2. The molecule has 0 aromatic carbocycles. The van der Waals surface area contributed by atoms with Crippen molar-refractivity contribution in [3.8, 4) is 0 Å². The molecule has 0 spiro atoms. The van der Waals surface area contributed by atoms with E-state index in [2.05, 4.69) is 4.72 Å². The standard InChI is InChI=1S/C54H86N2O13S/c1-33-16-11-10-12-17-35(3)43(55-70(64,65)42-18-15-19-42)32-41-24-22-39(7)54(63,69-41)51(60)52(61)56-27-14-13-20-44(56)53(62)68-46(36(4)30-40-23-25-45(57)47(31-40)66-8)26-21-34(2)29-38(6)49(59)50(67-9)48(58)37(5)28-33/h10-12,16-17,29,33-34,36-37,39-47,49-50,55,57,59,63H,13-15,18-28,30-32H2,1-9H3/b12-10+,16-11+,35-17+,38-29+/t33-,34+,36-,37-,39-,40+,41+,43+,44+,45-,46+,47-,49-,50+,54-/m1/s1. The van der Waals surface area contributed by atoms with Crippen LogP contribution in [0.1, 0.15) is 151 Å². The minimum Gasteiger partial charge on any atom is -0.461 e. The van der Waals surface area contributed by atoms with Gasteiger partial charge in [-0.15, -0.1) is 0 Å². The number of fused-ring (bicyclic) bond motifs is 3. The number of ketones is 2. The maximum atomic E-state index is 14.5. The van der Waals surface area contributed by atoms with Gasteiger partial charge in [-0.3, -0.25) is 14.4 Å². The molecule has 2 aliphatic carbocycles. The molecule has 70 heavy (non-hydrogen) atoms.